The van der Waals surface area contributed by atoms with Crippen molar-refractivity contribution in [2.24, 2.45) is 0 Å². The number of hydrogen-bond acceptors (Lipinski definition) is 5. The number of imidazole rings is 1. The molecule has 0 saturated heterocycles. The molecule has 96 valence electrons. The first-order valence-electron chi connectivity index (χ1n) is 5.65. The monoisotopic (exact) mass is 249 g/mol. The van der Waals surface area contributed by atoms with E-state index in [1.807, 2.05) is 0 Å². The van der Waals surface area contributed by atoms with Gasteiger partial charge in [-0.15, -0.1) is 0 Å². The molecule has 0 amide bonds. The van der Waals surface area contributed by atoms with E-state index in [4.69, 9.17) is 4.74 Å². The molecule has 0 bridgehead atoms. The zero-order valence-corrected chi connectivity index (χ0v) is 10.1. The Morgan fingerprint density at radius 1 is 1.39 bits per heavy atom. The first-order chi connectivity index (χ1) is 8.81. The van der Waals surface area contributed by atoms with E-state index in [1.54, 1.807) is 12.4 Å². The zero-order valence-electron chi connectivity index (χ0n) is 10.1. The Bertz CT molecular complexity index is 535. The third-order valence-electron chi connectivity index (χ3n) is 2.45. The van der Waals surface area contributed by atoms with Crippen LogP contribution < -0.4 is 15.6 Å². The number of H-pyrrole nitrogens is 2. The molecule has 2 aromatic rings. The second-order valence-electron chi connectivity index (χ2n) is 3.68. The molecule has 0 aliphatic rings. The van der Waals surface area contributed by atoms with Gasteiger partial charge in [-0.25, -0.2) is 9.97 Å². The van der Waals surface area contributed by atoms with Crippen LogP contribution in [-0.2, 0) is 6.42 Å². The molecule has 0 saturated carbocycles. The Hall–Kier alpha value is -2.31. The van der Waals surface area contributed by atoms with Crippen molar-refractivity contribution in [2.45, 2.75) is 12.8 Å². The van der Waals surface area contributed by atoms with Gasteiger partial charge in [0.15, 0.2) is 5.82 Å². The van der Waals surface area contributed by atoms with Crippen LogP contribution in [-0.4, -0.2) is 33.6 Å². The summed E-state index contributed by atoms with van der Waals surface area (Å²) in [6.45, 7) is 0.688. The molecule has 18 heavy (non-hydrogen) atoms. The number of aryl methyl sites for hydroxylation is 1. The number of ether oxygens (including phenoxy) is 1. The van der Waals surface area contributed by atoms with Gasteiger partial charge in [0, 0.05) is 25.4 Å². The van der Waals surface area contributed by atoms with E-state index < -0.39 is 0 Å². The molecule has 3 N–H and O–H groups in total. The van der Waals surface area contributed by atoms with E-state index >= 15 is 0 Å². The van der Waals surface area contributed by atoms with Crippen molar-refractivity contribution >= 4 is 5.82 Å². The van der Waals surface area contributed by atoms with Gasteiger partial charge >= 0.3 is 0 Å². The molecule has 0 aliphatic heterocycles. The van der Waals surface area contributed by atoms with E-state index in [2.05, 4.69) is 25.3 Å². The van der Waals surface area contributed by atoms with Crippen LogP contribution >= 0.6 is 0 Å². The molecule has 2 aromatic heterocycles. The second-order valence-corrected chi connectivity index (χ2v) is 3.68. The lowest BCUT2D eigenvalue weighted by atomic mass is 10.3. The summed E-state index contributed by atoms with van der Waals surface area (Å²) >= 11 is 0. The van der Waals surface area contributed by atoms with Gasteiger partial charge < -0.3 is 20.0 Å². The lowest BCUT2D eigenvalue weighted by Gasteiger charge is -2.07. The summed E-state index contributed by atoms with van der Waals surface area (Å²) in [6, 6.07) is 0. The van der Waals surface area contributed by atoms with Gasteiger partial charge in [-0.05, 0) is 6.42 Å². The highest BCUT2D eigenvalue weighted by Crippen LogP contribution is 2.13. The number of aromatic nitrogens is 4. The number of hydrogen-bond donors (Lipinski definition) is 3. The Labute approximate surface area is 104 Å². The summed E-state index contributed by atoms with van der Waals surface area (Å²) in [6.07, 6.45) is 6.59. The van der Waals surface area contributed by atoms with E-state index in [-0.39, 0.29) is 11.3 Å². The molecule has 0 aromatic carbocycles. The average Bonchev–Trinajstić information content (AvgIpc) is 2.88. The molecule has 0 atom stereocenters. The summed E-state index contributed by atoms with van der Waals surface area (Å²) in [5, 5.41) is 3.07. The quantitative estimate of drug-likeness (QED) is 0.650. The molecule has 0 spiro atoms. The van der Waals surface area contributed by atoms with Crippen molar-refractivity contribution in [2.75, 3.05) is 19.0 Å². The summed E-state index contributed by atoms with van der Waals surface area (Å²) < 4.78 is 4.99. The van der Waals surface area contributed by atoms with Crippen LogP contribution in [0.2, 0.25) is 0 Å². The Balaban J connectivity index is 1.87. The highest BCUT2D eigenvalue weighted by atomic mass is 16.5. The van der Waals surface area contributed by atoms with E-state index in [0.29, 0.717) is 12.4 Å². The zero-order chi connectivity index (χ0) is 12.8. The van der Waals surface area contributed by atoms with Crippen molar-refractivity contribution in [3.8, 4) is 5.75 Å². The minimum Gasteiger partial charge on any atom is -0.489 e. The Morgan fingerprint density at radius 2 is 2.28 bits per heavy atom. The highest BCUT2D eigenvalue weighted by Gasteiger charge is 2.07. The first-order valence-corrected chi connectivity index (χ1v) is 5.65. The lowest BCUT2D eigenvalue weighted by molar-refractivity contribution is 0.408. The molecular weight excluding hydrogens is 234 g/mol. The third-order valence-corrected chi connectivity index (χ3v) is 2.45. The van der Waals surface area contributed by atoms with Crippen LogP contribution in [0.5, 0.6) is 5.75 Å². The Morgan fingerprint density at radius 3 is 3.00 bits per heavy atom. The fourth-order valence-corrected chi connectivity index (χ4v) is 1.60. The number of nitrogens with zero attached hydrogens (tertiary/aromatic N) is 2. The van der Waals surface area contributed by atoms with Crippen LogP contribution in [0, 0.1) is 0 Å². The predicted octanol–water partition coefficient (Wildman–Crippen LogP) is 0.546. The minimum absolute atomic E-state index is 0.204. The SMILES string of the molecule is COc1c(NCCCc2ncc[nH]2)nc[nH]c1=O. The van der Waals surface area contributed by atoms with Gasteiger partial charge in [0.2, 0.25) is 5.75 Å². The number of anilines is 1. The maximum Gasteiger partial charge on any atom is 0.295 e. The second kappa shape index (κ2) is 5.85. The molecule has 7 heteroatoms. The first kappa shape index (κ1) is 12.2. The Kier molecular flexibility index (Phi) is 3.95. The van der Waals surface area contributed by atoms with Crippen LogP contribution in [0.15, 0.2) is 23.5 Å². The summed E-state index contributed by atoms with van der Waals surface area (Å²) in [5.74, 6) is 1.61. The van der Waals surface area contributed by atoms with Crippen molar-refractivity contribution in [1.82, 2.24) is 19.9 Å². The third kappa shape index (κ3) is 2.88. The molecule has 2 rings (SSSR count). The molecule has 0 aliphatic carbocycles. The minimum atomic E-state index is -0.291. The molecule has 0 unspecified atom stereocenters. The molecule has 2 heterocycles. The van der Waals surface area contributed by atoms with E-state index in [9.17, 15) is 4.79 Å². The van der Waals surface area contributed by atoms with Crippen LogP contribution in [0.3, 0.4) is 0 Å². The summed E-state index contributed by atoms with van der Waals surface area (Å²) in [5.41, 5.74) is -0.291. The standard InChI is InChI=1S/C11H15N5O2/c1-18-9-10(15-7-16-11(9)17)14-4-2-3-8-12-5-6-13-8/h5-7H,2-4H2,1H3,(H,12,13)(H2,14,15,16,17). The number of rotatable bonds is 6. The molecule has 0 fully saturated rings. The van der Waals surface area contributed by atoms with Crippen molar-refractivity contribution < 1.29 is 4.74 Å². The summed E-state index contributed by atoms with van der Waals surface area (Å²) in [4.78, 5) is 25.1. The normalized spacial score (nSPS) is 10.3. The van der Waals surface area contributed by atoms with Gasteiger partial charge in [-0.1, -0.05) is 0 Å². The van der Waals surface area contributed by atoms with Crippen molar-refractivity contribution in [3.05, 3.63) is 34.9 Å². The number of nitrogens with one attached hydrogen (secondary N) is 3. The van der Waals surface area contributed by atoms with Crippen LogP contribution in [0.25, 0.3) is 0 Å². The average molecular weight is 249 g/mol. The van der Waals surface area contributed by atoms with Gasteiger partial charge in [0.1, 0.15) is 5.82 Å². The number of aromatic amines is 2. The topological polar surface area (TPSA) is 95.7 Å². The predicted molar refractivity (Wildman–Crippen MR) is 66.8 cm³/mol. The van der Waals surface area contributed by atoms with E-state index in [1.165, 1.54) is 13.4 Å². The van der Waals surface area contributed by atoms with Gasteiger partial charge in [0.25, 0.3) is 5.56 Å². The summed E-state index contributed by atoms with van der Waals surface area (Å²) in [7, 11) is 1.44. The van der Waals surface area contributed by atoms with E-state index in [0.717, 1.165) is 18.7 Å². The fraction of sp³-hybridized carbons (Fsp3) is 0.364. The number of methoxy groups -OCH3 is 1. The highest BCUT2D eigenvalue weighted by molar-refractivity contribution is 5.47. The molecule has 7 nitrogen and oxygen atoms in total. The molecular formula is C11H15N5O2. The van der Waals surface area contributed by atoms with Gasteiger partial charge in [-0.3, -0.25) is 4.79 Å². The fourth-order valence-electron chi connectivity index (χ4n) is 1.60. The van der Waals surface area contributed by atoms with Crippen molar-refractivity contribution in [3.63, 3.8) is 0 Å². The van der Waals surface area contributed by atoms with Crippen molar-refractivity contribution in [1.29, 1.82) is 0 Å². The molecule has 0 radical (unpaired) electrons. The van der Waals surface area contributed by atoms with Crippen LogP contribution in [0.1, 0.15) is 12.2 Å². The maximum atomic E-state index is 11.4. The largest absolute Gasteiger partial charge is 0.489 e. The smallest absolute Gasteiger partial charge is 0.295 e. The van der Waals surface area contributed by atoms with Gasteiger partial charge in [0.05, 0.1) is 13.4 Å². The maximum absolute atomic E-state index is 11.4. The van der Waals surface area contributed by atoms with Crippen LogP contribution in [0.4, 0.5) is 5.82 Å². The lowest BCUT2D eigenvalue weighted by Crippen LogP contribution is -2.15. The van der Waals surface area contributed by atoms with Gasteiger partial charge in [-0.2, -0.15) is 0 Å².